The predicted molar refractivity (Wildman–Crippen MR) is 136 cm³/mol. The fourth-order valence-electron chi connectivity index (χ4n) is 4.26. The Morgan fingerprint density at radius 2 is 1.92 bits per heavy atom. The summed E-state index contributed by atoms with van der Waals surface area (Å²) in [5, 5.41) is 5.80. The average Bonchev–Trinajstić information content (AvgIpc) is 3.39. The molecule has 1 saturated heterocycles. The Kier molecular flexibility index (Phi) is 7.80. The second-order valence-corrected chi connectivity index (χ2v) is 8.79. The molecule has 0 radical (unpaired) electrons. The molecule has 0 spiro atoms. The second kappa shape index (κ2) is 11.2. The number of nitrogens with one attached hydrogen (secondary N) is 2. The van der Waals surface area contributed by atoms with Crippen LogP contribution < -0.4 is 26.0 Å². The van der Waals surface area contributed by atoms with Gasteiger partial charge >= 0.3 is 6.61 Å². The van der Waals surface area contributed by atoms with E-state index in [9.17, 15) is 18.4 Å². The number of halogens is 2. The maximum absolute atomic E-state index is 12.9. The first-order chi connectivity index (χ1) is 17.7. The molecule has 2 aromatic carbocycles. The molecular weight excluding hydrogens is 482 g/mol. The lowest BCUT2D eigenvalue weighted by Crippen LogP contribution is -2.28. The zero-order valence-electron chi connectivity index (χ0n) is 20.5. The quantitative estimate of drug-likeness (QED) is 0.404. The molecule has 1 aliphatic heterocycles. The number of alkyl halides is 2. The standard InChI is InChI=1S/C26H28F2N6O3/c1-15-3-6-22(37-25(27)28)18(9-15)11-31-21-10-16(4-5-20(21)24(36)30-2)19-12-32-26(33-13-19)34-8-7-17(14-34)23(29)35/h3-6,9-10,12-13,17,25,31H,7-8,11,14H2,1-2H3,(H2,29,35)(H,30,36). The fraction of sp³-hybridized carbons (Fsp3) is 0.308. The van der Waals surface area contributed by atoms with Crippen LogP contribution in [0, 0.1) is 12.8 Å². The van der Waals surface area contributed by atoms with E-state index in [-0.39, 0.29) is 30.0 Å². The smallest absolute Gasteiger partial charge is 0.387 e. The summed E-state index contributed by atoms with van der Waals surface area (Å²) < 4.78 is 30.4. The van der Waals surface area contributed by atoms with Gasteiger partial charge in [0, 0.05) is 55.9 Å². The van der Waals surface area contributed by atoms with Gasteiger partial charge in [-0.05, 0) is 37.1 Å². The van der Waals surface area contributed by atoms with Crippen molar-refractivity contribution in [3.8, 4) is 16.9 Å². The van der Waals surface area contributed by atoms with Crippen LogP contribution in [0.1, 0.15) is 27.9 Å². The number of carbonyl (C=O) groups excluding carboxylic acids is 2. The van der Waals surface area contributed by atoms with Crippen LogP contribution >= 0.6 is 0 Å². The highest BCUT2D eigenvalue weighted by atomic mass is 19.3. The van der Waals surface area contributed by atoms with Crippen molar-refractivity contribution in [1.29, 1.82) is 0 Å². The lowest BCUT2D eigenvalue weighted by Gasteiger charge is -2.17. The molecule has 37 heavy (non-hydrogen) atoms. The summed E-state index contributed by atoms with van der Waals surface area (Å²) in [4.78, 5) is 34.8. The van der Waals surface area contributed by atoms with E-state index < -0.39 is 6.61 Å². The molecule has 194 valence electrons. The molecule has 3 aromatic rings. The van der Waals surface area contributed by atoms with Crippen LogP contribution in [0.15, 0.2) is 48.8 Å². The number of aromatic nitrogens is 2. The Hall–Kier alpha value is -4.28. The van der Waals surface area contributed by atoms with Gasteiger partial charge in [0.05, 0.1) is 11.5 Å². The van der Waals surface area contributed by atoms with Gasteiger partial charge in [-0.15, -0.1) is 0 Å². The number of hydrogen-bond donors (Lipinski definition) is 3. The van der Waals surface area contributed by atoms with Crippen LogP contribution in [-0.4, -0.2) is 48.5 Å². The van der Waals surface area contributed by atoms with Crippen molar-refractivity contribution in [2.45, 2.75) is 26.5 Å². The molecule has 4 N–H and O–H groups in total. The third-order valence-corrected chi connectivity index (χ3v) is 6.24. The minimum absolute atomic E-state index is 0.0650. The zero-order valence-corrected chi connectivity index (χ0v) is 20.5. The average molecular weight is 511 g/mol. The number of amides is 2. The normalized spacial score (nSPS) is 15.1. The van der Waals surface area contributed by atoms with E-state index in [0.717, 1.165) is 16.7 Å². The Bertz CT molecular complexity index is 1290. The number of primary amides is 1. The zero-order chi connectivity index (χ0) is 26.5. The molecule has 2 amide bonds. The number of ether oxygens (including phenoxy) is 1. The van der Waals surface area contributed by atoms with Gasteiger partial charge in [-0.1, -0.05) is 23.8 Å². The topological polar surface area (TPSA) is 122 Å². The Labute approximate surface area is 213 Å². The van der Waals surface area contributed by atoms with Crippen LogP contribution in [0.5, 0.6) is 5.75 Å². The lowest BCUT2D eigenvalue weighted by molar-refractivity contribution is -0.121. The van der Waals surface area contributed by atoms with Gasteiger partial charge in [-0.25, -0.2) is 9.97 Å². The molecule has 0 saturated carbocycles. The summed E-state index contributed by atoms with van der Waals surface area (Å²) in [5.74, 6) is -0.260. The van der Waals surface area contributed by atoms with Gasteiger partial charge in [0.15, 0.2) is 0 Å². The molecular formula is C26H28F2N6O3. The van der Waals surface area contributed by atoms with Gasteiger partial charge in [0.1, 0.15) is 5.75 Å². The molecule has 11 heteroatoms. The number of aryl methyl sites for hydroxylation is 1. The largest absolute Gasteiger partial charge is 0.434 e. The molecule has 1 unspecified atom stereocenters. The summed E-state index contributed by atoms with van der Waals surface area (Å²) in [7, 11) is 1.53. The highest BCUT2D eigenvalue weighted by Crippen LogP contribution is 2.29. The fourth-order valence-corrected chi connectivity index (χ4v) is 4.26. The van der Waals surface area contributed by atoms with Crippen LogP contribution in [-0.2, 0) is 11.3 Å². The van der Waals surface area contributed by atoms with Crippen molar-refractivity contribution in [2.24, 2.45) is 11.7 Å². The Morgan fingerprint density at radius 3 is 2.57 bits per heavy atom. The summed E-state index contributed by atoms with van der Waals surface area (Å²) >= 11 is 0. The van der Waals surface area contributed by atoms with Crippen LogP contribution in [0.2, 0.25) is 0 Å². The molecule has 4 rings (SSSR count). The van der Waals surface area contributed by atoms with Gasteiger partial charge < -0.3 is 26.0 Å². The van der Waals surface area contributed by atoms with E-state index in [1.54, 1.807) is 42.7 Å². The first-order valence-corrected chi connectivity index (χ1v) is 11.8. The van der Waals surface area contributed by atoms with E-state index in [1.807, 2.05) is 11.8 Å². The Morgan fingerprint density at radius 1 is 1.16 bits per heavy atom. The molecule has 0 aliphatic carbocycles. The summed E-state index contributed by atoms with van der Waals surface area (Å²) in [6.07, 6.45) is 4.02. The molecule has 2 heterocycles. The second-order valence-electron chi connectivity index (χ2n) is 8.79. The van der Waals surface area contributed by atoms with E-state index in [0.29, 0.717) is 42.3 Å². The minimum atomic E-state index is -2.95. The van der Waals surface area contributed by atoms with Crippen molar-refractivity contribution in [1.82, 2.24) is 15.3 Å². The third-order valence-electron chi connectivity index (χ3n) is 6.24. The van der Waals surface area contributed by atoms with Crippen molar-refractivity contribution in [3.05, 3.63) is 65.5 Å². The molecule has 1 fully saturated rings. The lowest BCUT2D eigenvalue weighted by atomic mass is 10.0. The third kappa shape index (κ3) is 6.11. The van der Waals surface area contributed by atoms with Gasteiger partial charge in [0.25, 0.3) is 5.91 Å². The first-order valence-electron chi connectivity index (χ1n) is 11.8. The number of rotatable bonds is 9. The molecule has 1 aromatic heterocycles. The number of anilines is 2. The number of hydrogen-bond acceptors (Lipinski definition) is 7. The van der Waals surface area contributed by atoms with Gasteiger partial charge in [0.2, 0.25) is 11.9 Å². The van der Waals surface area contributed by atoms with Crippen molar-refractivity contribution < 1.29 is 23.1 Å². The van der Waals surface area contributed by atoms with Crippen LogP contribution in [0.3, 0.4) is 0 Å². The minimum Gasteiger partial charge on any atom is -0.434 e. The van der Waals surface area contributed by atoms with Crippen LogP contribution in [0.4, 0.5) is 20.4 Å². The Balaban J connectivity index is 1.57. The number of carbonyl (C=O) groups is 2. The highest BCUT2D eigenvalue weighted by molar-refractivity contribution is 6.00. The van der Waals surface area contributed by atoms with Crippen molar-refractivity contribution >= 4 is 23.5 Å². The van der Waals surface area contributed by atoms with E-state index >= 15 is 0 Å². The van der Waals surface area contributed by atoms with E-state index in [2.05, 4.69) is 25.3 Å². The number of nitrogens with two attached hydrogens (primary N) is 1. The van der Waals surface area contributed by atoms with Crippen molar-refractivity contribution in [2.75, 3.05) is 30.4 Å². The summed E-state index contributed by atoms with van der Waals surface area (Å²) in [6.45, 7) is 0.198. The van der Waals surface area contributed by atoms with E-state index in [1.165, 1.54) is 13.1 Å². The predicted octanol–water partition coefficient (Wildman–Crippen LogP) is 3.34. The molecule has 9 nitrogen and oxygen atoms in total. The molecule has 1 atom stereocenters. The maximum atomic E-state index is 12.9. The summed E-state index contributed by atoms with van der Waals surface area (Å²) in [6, 6.07) is 10.2. The van der Waals surface area contributed by atoms with Crippen LogP contribution in [0.25, 0.3) is 11.1 Å². The molecule has 1 aliphatic rings. The van der Waals surface area contributed by atoms with Crippen molar-refractivity contribution in [3.63, 3.8) is 0 Å². The first kappa shape index (κ1) is 25.8. The van der Waals surface area contributed by atoms with E-state index in [4.69, 9.17) is 5.73 Å². The number of nitrogens with zero attached hydrogens (tertiary/aromatic N) is 3. The highest BCUT2D eigenvalue weighted by Gasteiger charge is 2.28. The van der Waals surface area contributed by atoms with Gasteiger partial charge in [-0.2, -0.15) is 8.78 Å². The SMILES string of the molecule is CNC(=O)c1ccc(-c2cnc(N3CCC(C(N)=O)C3)nc2)cc1NCc1cc(C)ccc1OC(F)F. The molecule has 0 bridgehead atoms. The van der Waals surface area contributed by atoms with Gasteiger partial charge in [-0.3, -0.25) is 9.59 Å². The maximum Gasteiger partial charge on any atom is 0.387 e. The summed E-state index contributed by atoms with van der Waals surface area (Å²) in [5.41, 5.74) is 9.20. The number of benzene rings is 2. The monoisotopic (exact) mass is 510 g/mol.